The molecule has 0 unspecified atom stereocenters. The van der Waals surface area contributed by atoms with Crippen molar-refractivity contribution in [3.8, 4) is 5.75 Å². The van der Waals surface area contributed by atoms with E-state index in [0.717, 1.165) is 12.8 Å². The molecule has 9 heteroatoms. The zero-order valence-corrected chi connectivity index (χ0v) is 14.7. The van der Waals surface area contributed by atoms with E-state index in [1.807, 2.05) is 0 Å². The van der Waals surface area contributed by atoms with E-state index in [-0.39, 0.29) is 13.0 Å². The minimum Gasteiger partial charge on any atom is -0.495 e. The third-order valence-electron chi connectivity index (χ3n) is 3.16. The number of urea groups is 1. The van der Waals surface area contributed by atoms with Gasteiger partial charge in [0, 0.05) is 18.7 Å². The summed E-state index contributed by atoms with van der Waals surface area (Å²) in [6.07, 6.45) is 2.27. The molecule has 0 atom stereocenters. The van der Waals surface area contributed by atoms with Gasteiger partial charge in [-0.25, -0.2) is 4.79 Å². The molecule has 0 aliphatic carbocycles. The highest BCUT2D eigenvalue weighted by Gasteiger charge is 2.09. The van der Waals surface area contributed by atoms with Crippen molar-refractivity contribution in [3.05, 3.63) is 23.2 Å². The van der Waals surface area contributed by atoms with Gasteiger partial charge in [-0.1, -0.05) is 18.0 Å². The molecule has 138 valence electrons. The number of hydrogen-bond acceptors (Lipinski definition) is 5. The Bertz CT molecular complexity index is 609. The van der Waals surface area contributed by atoms with Crippen LogP contribution in [0.25, 0.3) is 0 Å². The molecule has 1 aromatic carbocycles. The minimum atomic E-state index is -0.566. The normalized spacial score (nSPS) is 10.0. The van der Waals surface area contributed by atoms with Gasteiger partial charge < -0.3 is 25.8 Å². The number of nitrogens with two attached hydrogens (primary N) is 1. The maximum absolute atomic E-state index is 11.7. The summed E-state index contributed by atoms with van der Waals surface area (Å²) in [7, 11) is 1.49. The van der Waals surface area contributed by atoms with Gasteiger partial charge in [0.1, 0.15) is 5.75 Å². The van der Waals surface area contributed by atoms with Crippen LogP contribution < -0.4 is 21.1 Å². The number of primary amides is 1. The van der Waals surface area contributed by atoms with Crippen molar-refractivity contribution in [2.45, 2.75) is 25.7 Å². The Kier molecular flexibility index (Phi) is 9.16. The van der Waals surface area contributed by atoms with Gasteiger partial charge >= 0.3 is 12.0 Å². The molecular formula is C16H22ClN3O5. The fourth-order valence-corrected chi connectivity index (χ4v) is 2.20. The van der Waals surface area contributed by atoms with E-state index in [9.17, 15) is 14.4 Å². The number of amides is 3. The van der Waals surface area contributed by atoms with E-state index in [1.165, 1.54) is 7.11 Å². The number of esters is 1. The lowest BCUT2D eigenvalue weighted by Gasteiger charge is -2.08. The van der Waals surface area contributed by atoms with Gasteiger partial charge in [-0.15, -0.1) is 0 Å². The van der Waals surface area contributed by atoms with Crippen molar-refractivity contribution in [2.24, 2.45) is 5.73 Å². The van der Waals surface area contributed by atoms with Gasteiger partial charge in [0.25, 0.3) is 5.91 Å². The number of halogens is 1. The van der Waals surface area contributed by atoms with E-state index in [4.69, 9.17) is 26.8 Å². The summed E-state index contributed by atoms with van der Waals surface area (Å²) in [6.45, 7) is 0.100. The van der Waals surface area contributed by atoms with Crippen LogP contribution in [0.15, 0.2) is 18.2 Å². The highest BCUT2D eigenvalue weighted by atomic mass is 35.5. The Morgan fingerprint density at radius 3 is 2.60 bits per heavy atom. The molecule has 0 saturated heterocycles. The van der Waals surface area contributed by atoms with Gasteiger partial charge in [-0.3, -0.25) is 9.59 Å². The molecule has 0 heterocycles. The minimum absolute atomic E-state index is 0.207. The molecule has 4 N–H and O–H groups in total. The van der Waals surface area contributed by atoms with E-state index in [0.29, 0.717) is 29.4 Å². The lowest BCUT2D eigenvalue weighted by Crippen LogP contribution is -2.29. The molecule has 1 rings (SSSR count). The van der Waals surface area contributed by atoms with Gasteiger partial charge in [-0.2, -0.15) is 0 Å². The smallest absolute Gasteiger partial charge is 0.312 e. The fraction of sp³-hybridized carbons (Fsp3) is 0.438. The van der Waals surface area contributed by atoms with Gasteiger partial charge in [0.05, 0.1) is 12.1 Å². The van der Waals surface area contributed by atoms with Crippen LogP contribution in [-0.2, 0) is 14.3 Å². The van der Waals surface area contributed by atoms with Gasteiger partial charge in [-0.05, 0) is 31.0 Å². The second-order valence-electron chi connectivity index (χ2n) is 5.16. The summed E-state index contributed by atoms with van der Waals surface area (Å²) in [5.74, 6) is -0.414. The molecule has 0 aromatic heterocycles. The number of unbranched alkanes of at least 4 members (excludes halogenated alkanes) is 2. The molecule has 0 aliphatic rings. The van der Waals surface area contributed by atoms with Crippen LogP contribution in [0, 0.1) is 0 Å². The van der Waals surface area contributed by atoms with E-state index in [2.05, 4.69) is 10.6 Å². The number of anilines is 1. The van der Waals surface area contributed by atoms with Crippen molar-refractivity contribution in [3.63, 3.8) is 0 Å². The molecule has 0 fully saturated rings. The Labute approximate surface area is 151 Å². The molecule has 3 amide bonds. The van der Waals surface area contributed by atoms with Crippen molar-refractivity contribution >= 4 is 35.2 Å². The second-order valence-corrected chi connectivity index (χ2v) is 5.57. The summed E-state index contributed by atoms with van der Waals surface area (Å²) in [6, 6.07) is 4.23. The topological polar surface area (TPSA) is 120 Å². The van der Waals surface area contributed by atoms with Crippen LogP contribution >= 0.6 is 11.6 Å². The van der Waals surface area contributed by atoms with Crippen LogP contribution in [0.4, 0.5) is 10.5 Å². The SMILES string of the molecule is COc1ccc(NC(=O)COC(=O)CCCCCNC(N)=O)cc1Cl. The standard InChI is InChI=1S/C16H22ClN3O5/c1-24-13-7-6-11(9-12(13)17)20-14(21)10-25-15(22)5-3-2-4-8-19-16(18)23/h6-7,9H,2-5,8,10H2,1H3,(H,20,21)(H3,18,19,23). The van der Waals surface area contributed by atoms with Crippen LogP contribution in [-0.4, -0.2) is 38.2 Å². The zero-order valence-electron chi connectivity index (χ0n) is 14.0. The lowest BCUT2D eigenvalue weighted by atomic mass is 10.2. The predicted octanol–water partition coefficient (Wildman–Crippen LogP) is 2.06. The summed E-state index contributed by atoms with van der Waals surface area (Å²) in [5.41, 5.74) is 5.41. The van der Waals surface area contributed by atoms with Gasteiger partial charge in [0.2, 0.25) is 0 Å². The molecular weight excluding hydrogens is 350 g/mol. The molecule has 0 spiro atoms. The van der Waals surface area contributed by atoms with Crippen LogP contribution in [0.1, 0.15) is 25.7 Å². The number of ether oxygens (including phenoxy) is 2. The average Bonchev–Trinajstić information content (AvgIpc) is 2.56. The summed E-state index contributed by atoms with van der Waals surface area (Å²) >= 11 is 5.96. The van der Waals surface area contributed by atoms with E-state index >= 15 is 0 Å². The second kappa shape index (κ2) is 11.1. The van der Waals surface area contributed by atoms with Crippen LogP contribution in [0.5, 0.6) is 5.75 Å². The maximum Gasteiger partial charge on any atom is 0.312 e. The number of hydrogen-bond donors (Lipinski definition) is 3. The van der Waals surface area contributed by atoms with E-state index in [1.54, 1.807) is 18.2 Å². The Morgan fingerprint density at radius 1 is 1.20 bits per heavy atom. The van der Waals surface area contributed by atoms with E-state index < -0.39 is 17.9 Å². The highest BCUT2D eigenvalue weighted by Crippen LogP contribution is 2.27. The van der Waals surface area contributed by atoms with Crippen molar-refractivity contribution in [1.29, 1.82) is 0 Å². The Hall–Kier alpha value is -2.48. The summed E-state index contributed by atoms with van der Waals surface area (Å²) in [5, 5.41) is 5.40. The first-order valence-electron chi connectivity index (χ1n) is 7.74. The van der Waals surface area contributed by atoms with Crippen molar-refractivity contribution < 1.29 is 23.9 Å². The summed E-state index contributed by atoms with van der Waals surface area (Å²) in [4.78, 5) is 33.8. The summed E-state index contributed by atoms with van der Waals surface area (Å²) < 4.78 is 9.91. The number of carbonyl (C=O) groups excluding carboxylic acids is 3. The first-order chi connectivity index (χ1) is 11.9. The van der Waals surface area contributed by atoms with Crippen molar-refractivity contribution in [1.82, 2.24) is 5.32 Å². The molecule has 25 heavy (non-hydrogen) atoms. The quantitative estimate of drug-likeness (QED) is 0.429. The first-order valence-corrected chi connectivity index (χ1v) is 8.12. The monoisotopic (exact) mass is 371 g/mol. The number of carbonyl (C=O) groups is 3. The molecule has 1 aromatic rings. The lowest BCUT2D eigenvalue weighted by molar-refractivity contribution is -0.147. The Balaban J connectivity index is 2.19. The molecule has 8 nitrogen and oxygen atoms in total. The Morgan fingerprint density at radius 2 is 1.96 bits per heavy atom. The van der Waals surface area contributed by atoms with Crippen LogP contribution in [0.2, 0.25) is 5.02 Å². The number of methoxy groups -OCH3 is 1. The molecule has 0 aliphatic heterocycles. The molecule has 0 radical (unpaired) electrons. The largest absolute Gasteiger partial charge is 0.495 e. The molecule has 0 bridgehead atoms. The number of benzene rings is 1. The third kappa shape index (κ3) is 8.80. The predicted molar refractivity (Wildman–Crippen MR) is 93.6 cm³/mol. The highest BCUT2D eigenvalue weighted by molar-refractivity contribution is 6.32. The fourth-order valence-electron chi connectivity index (χ4n) is 1.94. The van der Waals surface area contributed by atoms with Gasteiger partial charge in [0.15, 0.2) is 6.61 Å². The molecule has 0 saturated carbocycles. The number of nitrogens with one attached hydrogen (secondary N) is 2. The number of rotatable bonds is 10. The van der Waals surface area contributed by atoms with Crippen molar-refractivity contribution in [2.75, 3.05) is 25.6 Å². The first kappa shape index (κ1) is 20.6. The van der Waals surface area contributed by atoms with Crippen LogP contribution in [0.3, 0.4) is 0 Å². The third-order valence-corrected chi connectivity index (χ3v) is 3.45. The average molecular weight is 372 g/mol. The maximum atomic E-state index is 11.7. The zero-order chi connectivity index (χ0) is 18.7.